The molecule has 0 radical (unpaired) electrons. The Hall–Kier alpha value is -1.30. The van der Waals surface area contributed by atoms with Crippen molar-refractivity contribution in [2.24, 2.45) is 0 Å². The summed E-state index contributed by atoms with van der Waals surface area (Å²) in [5, 5.41) is 9.64. The molecule has 1 rings (SSSR count). The molecule has 0 spiro atoms. The summed E-state index contributed by atoms with van der Waals surface area (Å²) >= 11 is 0. The van der Waals surface area contributed by atoms with Crippen molar-refractivity contribution in [1.82, 2.24) is 0 Å². The maximum absolute atomic E-state index is 9.64. The molecule has 0 aliphatic rings. The van der Waals surface area contributed by atoms with E-state index in [-0.39, 0.29) is 0 Å². The third-order valence-corrected chi connectivity index (χ3v) is 2.33. The Morgan fingerprint density at radius 1 is 1.43 bits per heavy atom. The first kappa shape index (κ1) is 10.8. The molecule has 0 aliphatic carbocycles. The summed E-state index contributed by atoms with van der Waals surface area (Å²) in [5.41, 5.74) is 4.79. The molecular weight excluding hydrogens is 172 g/mol. The first-order valence-electron chi connectivity index (χ1n) is 4.82. The Morgan fingerprint density at radius 2 is 2.07 bits per heavy atom. The van der Waals surface area contributed by atoms with Crippen LogP contribution in [-0.4, -0.2) is 11.2 Å². The molecule has 0 amide bonds. The maximum Gasteiger partial charge on any atom is 0.0824 e. The Labute approximate surface area is 85.4 Å². The lowest BCUT2D eigenvalue weighted by atomic mass is 10.0. The zero-order valence-electron chi connectivity index (χ0n) is 8.53. The molecule has 1 nitrogen and oxygen atoms in total. The highest BCUT2D eigenvalue weighted by atomic mass is 16.3. The first-order chi connectivity index (χ1) is 6.74. The van der Waals surface area contributed by atoms with Crippen molar-refractivity contribution < 1.29 is 5.11 Å². The van der Waals surface area contributed by atoms with Crippen LogP contribution in [0.5, 0.6) is 0 Å². The van der Waals surface area contributed by atoms with Crippen LogP contribution in [0.4, 0.5) is 0 Å². The van der Waals surface area contributed by atoms with E-state index in [4.69, 9.17) is 0 Å². The second-order valence-electron chi connectivity index (χ2n) is 3.40. The molecule has 0 aliphatic heterocycles. The Balaban J connectivity index is 2.46. The largest absolute Gasteiger partial charge is 0.388 e. The van der Waals surface area contributed by atoms with Gasteiger partial charge in [-0.05, 0) is 30.9 Å². The van der Waals surface area contributed by atoms with Crippen molar-refractivity contribution in [2.75, 3.05) is 0 Å². The van der Waals surface area contributed by atoms with E-state index < -0.39 is 6.10 Å². The predicted octanol–water partition coefficient (Wildman–Crippen LogP) is 2.71. The van der Waals surface area contributed by atoms with E-state index >= 15 is 0 Å². The summed E-state index contributed by atoms with van der Waals surface area (Å²) < 4.78 is 0. The number of hydrogen-bond donors (Lipinski definition) is 1. The summed E-state index contributed by atoms with van der Waals surface area (Å²) in [7, 11) is 0. The maximum atomic E-state index is 9.64. The lowest BCUT2D eigenvalue weighted by Gasteiger charge is -2.08. The van der Waals surface area contributed by atoms with Gasteiger partial charge in [-0.1, -0.05) is 36.9 Å². The van der Waals surface area contributed by atoms with Gasteiger partial charge < -0.3 is 5.11 Å². The molecule has 1 atom stereocenters. The molecule has 1 aromatic carbocycles. The Bertz CT molecular complexity index is 320. The standard InChI is InChI=1S/C13H16O/c1-3-11(2)13(14)10-9-12-7-5-4-6-8-12/h4-8,13-14H,1,9-10H2,2H3/t13-/m0/s1. The van der Waals surface area contributed by atoms with Gasteiger partial charge in [0.2, 0.25) is 0 Å². The normalized spacial score (nSPS) is 11.9. The number of aliphatic hydroxyl groups is 1. The van der Waals surface area contributed by atoms with Crippen molar-refractivity contribution in [3.8, 4) is 0 Å². The van der Waals surface area contributed by atoms with Gasteiger partial charge in [-0.2, -0.15) is 0 Å². The van der Waals surface area contributed by atoms with Crippen LogP contribution in [-0.2, 0) is 6.42 Å². The van der Waals surface area contributed by atoms with Crippen LogP contribution in [0.15, 0.2) is 48.2 Å². The van der Waals surface area contributed by atoms with Crippen molar-refractivity contribution >= 4 is 0 Å². The van der Waals surface area contributed by atoms with Crippen LogP contribution in [0, 0.1) is 0 Å². The van der Waals surface area contributed by atoms with Gasteiger partial charge in [0, 0.05) is 0 Å². The quantitative estimate of drug-likeness (QED) is 0.720. The highest BCUT2D eigenvalue weighted by Crippen LogP contribution is 2.09. The van der Waals surface area contributed by atoms with E-state index in [0.29, 0.717) is 0 Å². The number of benzene rings is 1. The van der Waals surface area contributed by atoms with Crippen LogP contribution in [0.2, 0.25) is 0 Å². The fourth-order valence-corrected chi connectivity index (χ4v) is 1.28. The molecule has 0 unspecified atom stereocenters. The summed E-state index contributed by atoms with van der Waals surface area (Å²) in [5.74, 6) is 0. The molecule has 74 valence electrons. The minimum absolute atomic E-state index is 0.410. The number of rotatable bonds is 4. The third kappa shape index (κ3) is 3.21. The second kappa shape index (κ2) is 5.43. The van der Waals surface area contributed by atoms with Crippen LogP contribution < -0.4 is 0 Å². The SMILES string of the molecule is C=C=C(C)[C@@H](O)CCc1ccccc1. The van der Waals surface area contributed by atoms with E-state index in [1.165, 1.54) is 5.56 Å². The molecule has 0 bridgehead atoms. The van der Waals surface area contributed by atoms with Crippen molar-refractivity contribution in [2.45, 2.75) is 25.9 Å². The number of hydrogen-bond acceptors (Lipinski definition) is 1. The molecule has 14 heavy (non-hydrogen) atoms. The summed E-state index contributed by atoms with van der Waals surface area (Å²) in [6, 6.07) is 10.2. The molecule has 1 aromatic rings. The molecular formula is C13H16O. The zero-order chi connectivity index (χ0) is 10.4. The zero-order valence-corrected chi connectivity index (χ0v) is 8.53. The molecule has 0 heterocycles. The molecule has 0 saturated carbocycles. The Morgan fingerprint density at radius 3 is 2.64 bits per heavy atom. The average molecular weight is 188 g/mol. The highest BCUT2D eigenvalue weighted by Gasteiger charge is 2.05. The van der Waals surface area contributed by atoms with E-state index in [2.05, 4.69) is 24.4 Å². The van der Waals surface area contributed by atoms with Crippen LogP contribution in [0.25, 0.3) is 0 Å². The van der Waals surface area contributed by atoms with Gasteiger partial charge in [-0.3, -0.25) is 0 Å². The fraction of sp³-hybridized carbons (Fsp3) is 0.308. The number of aryl methyl sites for hydroxylation is 1. The minimum Gasteiger partial charge on any atom is -0.388 e. The van der Waals surface area contributed by atoms with Gasteiger partial charge >= 0.3 is 0 Å². The summed E-state index contributed by atoms with van der Waals surface area (Å²) in [4.78, 5) is 0. The lowest BCUT2D eigenvalue weighted by molar-refractivity contribution is 0.201. The summed E-state index contributed by atoms with van der Waals surface area (Å²) in [6.45, 7) is 5.36. The van der Waals surface area contributed by atoms with Gasteiger partial charge in [0.15, 0.2) is 0 Å². The molecule has 0 aromatic heterocycles. The van der Waals surface area contributed by atoms with Crippen LogP contribution in [0.3, 0.4) is 0 Å². The van der Waals surface area contributed by atoms with Crippen LogP contribution >= 0.6 is 0 Å². The van der Waals surface area contributed by atoms with Gasteiger partial charge in [-0.15, -0.1) is 5.73 Å². The van der Waals surface area contributed by atoms with Crippen molar-refractivity contribution in [3.05, 3.63) is 53.8 Å². The second-order valence-corrected chi connectivity index (χ2v) is 3.40. The Kier molecular flexibility index (Phi) is 4.18. The van der Waals surface area contributed by atoms with Gasteiger partial charge in [0.25, 0.3) is 0 Å². The molecule has 1 heteroatoms. The smallest absolute Gasteiger partial charge is 0.0824 e. The van der Waals surface area contributed by atoms with Gasteiger partial charge in [0.05, 0.1) is 6.10 Å². The van der Waals surface area contributed by atoms with E-state index in [9.17, 15) is 5.11 Å². The third-order valence-electron chi connectivity index (χ3n) is 2.33. The van der Waals surface area contributed by atoms with E-state index in [1.54, 1.807) is 0 Å². The van der Waals surface area contributed by atoms with Gasteiger partial charge in [-0.25, -0.2) is 0 Å². The number of aliphatic hydroxyl groups excluding tert-OH is 1. The van der Waals surface area contributed by atoms with E-state index in [1.807, 2.05) is 25.1 Å². The van der Waals surface area contributed by atoms with Crippen molar-refractivity contribution in [3.63, 3.8) is 0 Å². The topological polar surface area (TPSA) is 20.2 Å². The molecule has 1 N–H and O–H groups in total. The van der Waals surface area contributed by atoms with Crippen LogP contribution in [0.1, 0.15) is 18.9 Å². The summed E-state index contributed by atoms with van der Waals surface area (Å²) in [6.07, 6.45) is 1.21. The van der Waals surface area contributed by atoms with Gasteiger partial charge in [0.1, 0.15) is 0 Å². The highest BCUT2D eigenvalue weighted by molar-refractivity contribution is 5.15. The molecule has 0 fully saturated rings. The average Bonchev–Trinajstić information content (AvgIpc) is 2.26. The minimum atomic E-state index is -0.410. The monoisotopic (exact) mass is 188 g/mol. The van der Waals surface area contributed by atoms with Crippen molar-refractivity contribution in [1.29, 1.82) is 0 Å². The molecule has 0 saturated heterocycles. The fourth-order valence-electron chi connectivity index (χ4n) is 1.28. The first-order valence-corrected chi connectivity index (χ1v) is 4.82. The predicted molar refractivity (Wildman–Crippen MR) is 59.1 cm³/mol. The lowest BCUT2D eigenvalue weighted by Crippen LogP contribution is -2.08. The van der Waals surface area contributed by atoms with E-state index in [0.717, 1.165) is 18.4 Å².